The van der Waals surface area contributed by atoms with Gasteiger partial charge in [-0.3, -0.25) is 4.79 Å². The van der Waals surface area contributed by atoms with Crippen LogP contribution in [0.1, 0.15) is 27.2 Å². The van der Waals surface area contributed by atoms with Gasteiger partial charge in [-0.1, -0.05) is 48.0 Å². The number of methoxy groups -OCH3 is 1. The third-order valence-electron chi connectivity index (χ3n) is 4.09. The average Bonchev–Trinajstić information content (AvgIpc) is 2.71. The van der Waals surface area contributed by atoms with Crippen LogP contribution in [0.5, 0.6) is 5.75 Å². The maximum Gasteiger partial charge on any atom is 0.272 e. The molecule has 1 amide bonds. The van der Waals surface area contributed by atoms with Gasteiger partial charge in [-0.2, -0.15) is 0 Å². The molecular weight excluding hydrogens is 340 g/mol. The Hall–Kier alpha value is -3.41. The van der Waals surface area contributed by atoms with Crippen LogP contribution < -0.4 is 15.4 Å². The fourth-order valence-electron chi connectivity index (χ4n) is 2.68. The van der Waals surface area contributed by atoms with E-state index >= 15 is 0 Å². The van der Waals surface area contributed by atoms with E-state index in [2.05, 4.69) is 20.8 Å². The minimum Gasteiger partial charge on any atom is -0.496 e. The van der Waals surface area contributed by atoms with Crippen molar-refractivity contribution in [2.24, 2.45) is 0 Å². The van der Waals surface area contributed by atoms with Crippen LogP contribution >= 0.6 is 0 Å². The Morgan fingerprint density at radius 1 is 1.00 bits per heavy atom. The molecule has 6 heteroatoms. The molecule has 0 radical (unpaired) electrons. The molecule has 138 valence electrons. The minimum absolute atomic E-state index is 0.250. The predicted octanol–water partition coefficient (Wildman–Crippen LogP) is 3.34. The number of anilines is 1. The molecule has 3 aromatic rings. The molecule has 0 saturated carbocycles. The van der Waals surface area contributed by atoms with E-state index in [4.69, 9.17) is 4.74 Å². The monoisotopic (exact) mass is 362 g/mol. The first-order valence-corrected chi connectivity index (χ1v) is 8.69. The van der Waals surface area contributed by atoms with Gasteiger partial charge in [0.25, 0.3) is 5.91 Å². The van der Waals surface area contributed by atoms with Gasteiger partial charge >= 0.3 is 0 Å². The van der Waals surface area contributed by atoms with Gasteiger partial charge in [0.1, 0.15) is 11.6 Å². The summed E-state index contributed by atoms with van der Waals surface area (Å²) in [5.74, 6) is 1.15. The zero-order chi connectivity index (χ0) is 19.1. The van der Waals surface area contributed by atoms with E-state index in [9.17, 15) is 4.79 Å². The van der Waals surface area contributed by atoms with Crippen molar-refractivity contribution in [3.63, 3.8) is 0 Å². The summed E-state index contributed by atoms with van der Waals surface area (Å²) in [7, 11) is 1.64. The fourth-order valence-corrected chi connectivity index (χ4v) is 2.68. The van der Waals surface area contributed by atoms with Crippen molar-refractivity contribution >= 4 is 11.7 Å². The van der Waals surface area contributed by atoms with Gasteiger partial charge < -0.3 is 15.4 Å². The van der Waals surface area contributed by atoms with Crippen LogP contribution in [0.4, 0.5) is 5.82 Å². The summed E-state index contributed by atoms with van der Waals surface area (Å²) in [6.07, 6.45) is 0. The Kier molecular flexibility index (Phi) is 5.99. The second kappa shape index (κ2) is 8.80. The summed E-state index contributed by atoms with van der Waals surface area (Å²) in [5, 5.41) is 14.1. The van der Waals surface area contributed by atoms with Crippen molar-refractivity contribution in [1.29, 1.82) is 0 Å². The summed E-state index contributed by atoms with van der Waals surface area (Å²) in [6.45, 7) is 3.03. The molecule has 0 saturated heterocycles. The van der Waals surface area contributed by atoms with Gasteiger partial charge in [0.15, 0.2) is 5.69 Å². The summed E-state index contributed by atoms with van der Waals surface area (Å²) in [6, 6.07) is 19.2. The number of ether oxygens (including phenoxy) is 1. The van der Waals surface area contributed by atoms with E-state index in [1.807, 2.05) is 55.5 Å². The second-order valence-electron chi connectivity index (χ2n) is 6.14. The van der Waals surface area contributed by atoms with Crippen molar-refractivity contribution in [3.05, 3.63) is 83.0 Å². The molecule has 0 unspecified atom stereocenters. The van der Waals surface area contributed by atoms with Gasteiger partial charge in [0, 0.05) is 18.7 Å². The highest BCUT2D eigenvalue weighted by atomic mass is 16.5. The third-order valence-corrected chi connectivity index (χ3v) is 4.09. The highest BCUT2D eigenvalue weighted by Gasteiger charge is 2.08. The molecule has 1 heterocycles. The van der Waals surface area contributed by atoms with Gasteiger partial charge in [-0.15, -0.1) is 10.2 Å². The Bertz CT molecular complexity index is 910. The summed E-state index contributed by atoms with van der Waals surface area (Å²) >= 11 is 0. The van der Waals surface area contributed by atoms with Gasteiger partial charge in [0.2, 0.25) is 0 Å². The molecule has 27 heavy (non-hydrogen) atoms. The number of hydrogen-bond donors (Lipinski definition) is 2. The highest BCUT2D eigenvalue weighted by Crippen LogP contribution is 2.18. The molecule has 0 atom stereocenters. The molecular formula is C21H22N4O2. The zero-order valence-electron chi connectivity index (χ0n) is 15.4. The standard InChI is InChI=1S/C21H22N4O2/c1-15-6-5-7-16(12-15)13-23-21(26)18-10-11-20(25-24-18)22-14-17-8-3-4-9-19(17)27-2/h3-12H,13-14H2,1-2H3,(H,22,25)(H,23,26). The zero-order valence-corrected chi connectivity index (χ0v) is 15.4. The normalized spacial score (nSPS) is 10.3. The van der Waals surface area contributed by atoms with Crippen molar-refractivity contribution < 1.29 is 9.53 Å². The summed E-state index contributed by atoms with van der Waals surface area (Å²) in [5.41, 5.74) is 3.51. The lowest BCUT2D eigenvalue weighted by molar-refractivity contribution is 0.0945. The quantitative estimate of drug-likeness (QED) is 0.674. The van der Waals surface area contributed by atoms with Crippen LogP contribution in [-0.2, 0) is 13.1 Å². The van der Waals surface area contributed by atoms with Crippen LogP contribution in [0, 0.1) is 6.92 Å². The van der Waals surface area contributed by atoms with Crippen LogP contribution in [0.3, 0.4) is 0 Å². The lowest BCUT2D eigenvalue weighted by Crippen LogP contribution is -2.24. The van der Waals surface area contributed by atoms with Gasteiger partial charge in [0.05, 0.1) is 7.11 Å². The number of amides is 1. The number of carbonyl (C=O) groups excluding carboxylic acids is 1. The van der Waals surface area contributed by atoms with Crippen molar-refractivity contribution in [1.82, 2.24) is 15.5 Å². The number of aromatic nitrogens is 2. The second-order valence-corrected chi connectivity index (χ2v) is 6.14. The number of carbonyl (C=O) groups is 1. The lowest BCUT2D eigenvalue weighted by atomic mass is 10.1. The first kappa shape index (κ1) is 18.4. The Morgan fingerprint density at radius 3 is 2.59 bits per heavy atom. The first-order valence-electron chi connectivity index (χ1n) is 8.69. The van der Waals surface area contributed by atoms with Crippen LogP contribution in [0.25, 0.3) is 0 Å². The number of nitrogens with zero attached hydrogens (tertiary/aromatic N) is 2. The average molecular weight is 362 g/mol. The Morgan fingerprint density at radius 2 is 1.85 bits per heavy atom. The largest absolute Gasteiger partial charge is 0.496 e. The topological polar surface area (TPSA) is 76.1 Å². The van der Waals surface area contributed by atoms with Crippen LogP contribution in [0.15, 0.2) is 60.7 Å². The van der Waals surface area contributed by atoms with E-state index in [1.54, 1.807) is 19.2 Å². The number of benzene rings is 2. The smallest absolute Gasteiger partial charge is 0.272 e. The predicted molar refractivity (Wildman–Crippen MR) is 105 cm³/mol. The number of hydrogen-bond acceptors (Lipinski definition) is 5. The maximum atomic E-state index is 12.2. The van der Waals surface area contributed by atoms with E-state index in [-0.39, 0.29) is 11.6 Å². The third kappa shape index (κ3) is 5.04. The molecule has 3 rings (SSSR count). The molecule has 0 aliphatic heterocycles. The van der Waals surface area contributed by atoms with Crippen molar-refractivity contribution in [3.8, 4) is 5.75 Å². The summed E-state index contributed by atoms with van der Waals surface area (Å²) in [4.78, 5) is 12.2. The molecule has 0 bridgehead atoms. The SMILES string of the molecule is COc1ccccc1CNc1ccc(C(=O)NCc2cccc(C)c2)nn1. The van der Waals surface area contributed by atoms with Crippen molar-refractivity contribution in [2.75, 3.05) is 12.4 Å². The van der Waals surface area contributed by atoms with Crippen LogP contribution in [-0.4, -0.2) is 23.2 Å². The fraction of sp³-hybridized carbons (Fsp3) is 0.190. The number of para-hydroxylation sites is 1. The van der Waals surface area contributed by atoms with Gasteiger partial charge in [-0.05, 0) is 30.7 Å². The Labute approximate surface area is 158 Å². The van der Waals surface area contributed by atoms with Crippen LogP contribution in [0.2, 0.25) is 0 Å². The number of nitrogens with one attached hydrogen (secondary N) is 2. The molecule has 1 aromatic heterocycles. The number of rotatable bonds is 7. The highest BCUT2D eigenvalue weighted by molar-refractivity contribution is 5.92. The minimum atomic E-state index is -0.250. The van der Waals surface area contributed by atoms with E-state index < -0.39 is 0 Å². The summed E-state index contributed by atoms with van der Waals surface area (Å²) < 4.78 is 5.33. The van der Waals surface area contributed by atoms with E-state index in [0.29, 0.717) is 18.9 Å². The first-order chi connectivity index (χ1) is 13.2. The number of aryl methyl sites for hydroxylation is 1. The molecule has 0 spiro atoms. The Balaban J connectivity index is 1.55. The maximum absolute atomic E-state index is 12.2. The van der Waals surface area contributed by atoms with E-state index in [1.165, 1.54) is 0 Å². The molecule has 6 nitrogen and oxygen atoms in total. The van der Waals surface area contributed by atoms with E-state index in [0.717, 1.165) is 22.4 Å². The molecule has 2 aromatic carbocycles. The molecule has 0 fully saturated rings. The molecule has 0 aliphatic carbocycles. The lowest BCUT2D eigenvalue weighted by Gasteiger charge is -2.10. The van der Waals surface area contributed by atoms with Crippen molar-refractivity contribution in [2.45, 2.75) is 20.0 Å². The molecule has 2 N–H and O–H groups in total. The van der Waals surface area contributed by atoms with Gasteiger partial charge in [-0.25, -0.2) is 0 Å². The molecule has 0 aliphatic rings.